The van der Waals surface area contributed by atoms with Crippen LogP contribution in [0.25, 0.3) is 11.1 Å². The molecule has 0 saturated heterocycles. The van der Waals surface area contributed by atoms with Crippen LogP contribution in [-0.4, -0.2) is 24.3 Å². The predicted molar refractivity (Wildman–Crippen MR) is 119 cm³/mol. The molecule has 1 N–H and O–H groups in total. The van der Waals surface area contributed by atoms with Gasteiger partial charge in [-0.1, -0.05) is 24.3 Å². The van der Waals surface area contributed by atoms with Crippen LogP contribution in [0.1, 0.15) is 24.0 Å². The Labute approximate surface area is 186 Å². The van der Waals surface area contributed by atoms with Gasteiger partial charge in [0, 0.05) is 6.07 Å². The molecule has 0 heterocycles. The number of rotatable bonds is 10. The first-order valence-corrected chi connectivity index (χ1v) is 10.6. The lowest BCUT2D eigenvalue weighted by Gasteiger charge is -2.13. The van der Waals surface area contributed by atoms with Crippen molar-refractivity contribution in [2.24, 2.45) is 5.92 Å². The summed E-state index contributed by atoms with van der Waals surface area (Å²) < 4.78 is 30.7. The van der Waals surface area contributed by atoms with Gasteiger partial charge in [-0.2, -0.15) is 0 Å². The van der Waals surface area contributed by atoms with E-state index in [4.69, 9.17) is 19.3 Å². The number of aryl methyl sites for hydroxylation is 1. The summed E-state index contributed by atoms with van der Waals surface area (Å²) in [6.07, 6.45) is 2.51. The SMILES string of the molecule is Cc1ccc(OCC2CC2)cc1-c1cccc(COc2ccc(OCC(=O)O)c(F)c2)c1. The maximum absolute atomic E-state index is 14.1. The molecule has 166 valence electrons. The number of ether oxygens (including phenoxy) is 3. The van der Waals surface area contributed by atoms with E-state index in [9.17, 15) is 9.18 Å². The molecule has 4 rings (SSSR count). The highest BCUT2D eigenvalue weighted by molar-refractivity contribution is 5.69. The Balaban J connectivity index is 1.43. The van der Waals surface area contributed by atoms with Gasteiger partial charge in [0.05, 0.1) is 6.61 Å². The zero-order chi connectivity index (χ0) is 22.5. The van der Waals surface area contributed by atoms with Gasteiger partial charge in [-0.3, -0.25) is 0 Å². The van der Waals surface area contributed by atoms with Gasteiger partial charge in [-0.05, 0) is 78.3 Å². The lowest BCUT2D eigenvalue weighted by atomic mass is 9.98. The number of benzene rings is 3. The second-order valence-electron chi connectivity index (χ2n) is 7.99. The molecular formula is C26H25FO5. The summed E-state index contributed by atoms with van der Waals surface area (Å²) in [6.45, 7) is 2.50. The predicted octanol–water partition coefficient (Wildman–Crippen LogP) is 5.63. The Hall–Kier alpha value is -3.54. The largest absolute Gasteiger partial charge is 0.493 e. The molecule has 0 spiro atoms. The highest BCUT2D eigenvalue weighted by Gasteiger charge is 2.22. The molecule has 1 aliphatic carbocycles. The van der Waals surface area contributed by atoms with Gasteiger partial charge in [-0.15, -0.1) is 0 Å². The molecule has 3 aromatic carbocycles. The van der Waals surface area contributed by atoms with E-state index < -0.39 is 18.4 Å². The Morgan fingerprint density at radius 2 is 1.78 bits per heavy atom. The smallest absolute Gasteiger partial charge is 0.341 e. The second kappa shape index (κ2) is 9.73. The molecular weight excluding hydrogens is 411 g/mol. The van der Waals surface area contributed by atoms with E-state index in [1.165, 1.54) is 25.0 Å². The van der Waals surface area contributed by atoms with Gasteiger partial charge in [0.1, 0.15) is 18.1 Å². The Bertz CT molecular complexity index is 1110. The molecule has 0 atom stereocenters. The van der Waals surface area contributed by atoms with Gasteiger partial charge in [0.2, 0.25) is 0 Å². The molecule has 32 heavy (non-hydrogen) atoms. The summed E-state index contributed by atoms with van der Waals surface area (Å²) in [4.78, 5) is 10.6. The summed E-state index contributed by atoms with van der Waals surface area (Å²) in [7, 11) is 0. The first-order valence-electron chi connectivity index (χ1n) is 10.6. The highest BCUT2D eigenvalue weighted by Crippen LogP contribution is 2.32. The van der Waals surface area contributed by atoms with E-state index in [0.717, 1.165) is 34.6 Å². The molecule has 0 radical (unpaired) electrons. The van der Waals surface area contributed by atoms with Crippen LogP contribution in [0.5, 0.6) is 17.2 Å². The van der Waals surface area contributed by atoms with Crippen molar-refractivity contribution < 1.29 is 28.5 Å². The van der Waals surface area contributed by atoms with Crippen LogP contribution in [-0.2, 0) is 11.4 Å². The van der Waals surface area contributed by atoms with E-state index >= 15 is 0 Å². The third-order valence-electron chi connectivity index (χ3n) is 5.29. The Morgan fingerprint density at radius 1 is 1.00 bits per heavy atom. The van der Waals surface area contributed by atoms with Crippen molar-refractivity contribution in [2.75, 3.05) is 13.2 Å². The Morgan fingerprint density at radius 3 is 2.53 bits per heavy atom. The standard InChI is InChI=1S/C26H25FO5/c1-17-5-8-21(30-14-18-6-7-18)12-23(17)20-4-2-3-19(11-20)15-31-22-9-10-25(24(27)13-22)32-16-26(28)29/h2-5,8-13,18H,6-7,14-16H2,1H3,(H,28,29). The molecule has 6 heteroatoms. The fraction of sp³-hybridized carbons (Fsp3) is 0.269. The van der Waals surface area contributed by atoms with E-state index in [-0.39, 0.29) is 12.4 Å². The quantitative estimate of drug-likeness (QED) is 0.446. The summed E-state index contributed by atoms with van der Waals surface area (Å²) >= 11 is 0. The lowest BCUT2D eigenvalue weighted by Crippen LogP contribution is -2.10. The number of hydrogen-bond acceptors (Lipinski definition) is 4. The first-order chi connectivity index (χ1) is 15.5. The maximum atomic E-state index is 14.1. The summed E-state index contributed by atoms with van der Waals surface area (Å²) in [6, 6.07) is 18.3. The van der Waals surface area contributed by atoms with Crippen molar-refractivity contribution in [1.29, 1.82) is 0 Å². The zero-order valence-corrected chi connectivity index (χ0v) is 17.8. The van der Waals surface area contributed by atoms with Crippen LogP contribution in [0, 0.1) is 18.7 Å². The normalized spacial score (nSPS) is 12.9. The van der Waals surface area contributed by atoms with Gasteiger partial charge in [0.25, 0.3) is 0 Å². The number of carboxylic acid groups (broad SMARTS) is 1. The van der Waals surface area contributed by atoms with Gasteiger partial charge >= 0.3 is 5.97 Å². The summed E-state index contributed by atoms with van der Waals surface area (Å²) in [5, 5.41) is 8.64. The molecule has 1 fully saturated rings. The highest BCUT2D eigenvalue weighted by atomic mass is 19.1. The molecule has 0 aliphatic heterocycles. The number of hydrogen-bond donors (Lipinski definition) is 1. The first kappa shape index (κ1) is 21.7. The molecule has 1 saturated carbocycles. The van der Waals surface area contributed by atoms with Crippen LogP contribution in [0.4, 0.5) is 4.39 Å². The molecule has 5 nitrogen and oxygen atoms in total. The third-order valence-corrected chi connectivity index (χ3v) is 5.29. The maximum Gasteiger partial charge on any atom is 0.341 e. The minimum absolute atomic E-state index is 0.124. The minimum Gasteiger partial charge on any atom is -0.493 e. The van der Waals surface area contributed by atoms with E-state index in [2.05, 4.69) is 19.1 Å². The monoisotopic (exact) mass is 436 g/mol. The van der Waals surface area contributed by atoms with Crippen LogP contribution >= 0.6 is 0 Å². The minimum atomic E-state index is -1.17. The third kappa shape index (κ3) is 5.78. The van der Waals surface area contributed by atoms with Gasteiger partial charge < -0.3 is 19.3 Å². The molecule has 0 aromatic heterocycles. The molecule has 1 aliphatic rings. The van der Waals surface area contributed by atoms with Crippen molar-refractivity contribution in [3.63, 3.8) is 0 Å². The fourth-order valence-electron chi connectivity index (χ4n) is 3.32. The summed E-state index contributed by atoms with van der Waals surface area (Å²) in [5.74, 6) is -0.0538. The van der Waals surface area contributed by atoms with E-state index in [1.807, 2.05) is 30.3 Å². The number of aliphatic carboxylic acids is 1. The van der Waals surface area contributed by atoms with Crippen molar-refractivity contribution in [3.8, 4) is 28.4 Å². The lowest BCUT2D eigenvalue weighted by molar-refractivity contribution is -0.139. The zero-order valence-electron chi connectivity index (χ0n) is 17.8. The number of carboxylic acids is 1. The summed E-state index contributed by atoms with van der Waals surface area (Å²) in [5.41, 5.74) is 4.26. The van der Waals surface area contributed by atoms with Crippen molar-refractivity contribution >= 4 is 5.97 Å². The molecule has 3 aromatic rings. The van der Waals surface area contributed by atoms with E-state index in [1.54, 1.807) is 6.07 Å². The molecule has 0 unspecified atom stereocenters. The second-order valence-corrected chi connectivity index (χ2v) is 7.99. The van der Waals surface area contributed by atoms with Crippen LogP contribution in [0.2, 0.25) is 0 Å². The fourth-order valence-corrected chi connectivity index (χ4v) is 3.32. The van der Waals surface area contributed by atoms with Gasteiger partial charge in [-0.25, -0.2) is 9.18 Å². The van der Waals surface area contributed by atoms with E-state index in [0.29, 0.717) is 11.7 Å². The number of carbonyl (C=O) groups is 1. The molecule has 0 amide bonds. The van der Waals surface area contributed by atoms with Crippen molar-refractivity contribution in [2.45, 2.75) is 26.4 Å². The van der Waals surface area contributed by atoms with Crippen LogP contribution < -0.4 is 14.2 Å². The van der Waals surface area contributed by atoms with Gasteiger partial charge in [0.15, 0.2) is 18.2 Å². The van der Waals surface area contributed by atoms with Crippen LogP contribution in [0.3, 0.4) is 0 Å². The van der Waals surface area contributed by atoms with Crippen molar-refractivity contribution in [3.05, 3.63) is 77.6 Å². The number of halogens is 1. The average Bonchev–Trinajstić information content (AvgIpc) is 3.61. The van der Waals surface area contributed by atoms with Crippen molar-refractivity contribution in [1.82, 2.24) is 0 Å². The van der Waals surface area contributed by atoms with Crippen LogP contribution in [0.15, 0.2) is 60.7 Å². The topological polar surface area (TPSA) is 65.0 Å². The molecule has 0 bridgehead atoms. The Kier molecular flexibility index (Phi) is 6.59. The average molecular weight is 436 g/mol.